The SMILES string of the molecule is CC/C=C\C/C=C\C/C=C\C/C=C\C/C=C\C/C=C\CCCCCCCCCCCCCCCCC(=O)OC(COC(=O)CCCCCCCCCCCCCCCCCCCCCCCCCCCCC)COP(=O)([O-])OCC[N+](C)(C)C. The van der Waals surface area contributed by atoms with E-state index in [-0.39, 0.29) is 32.0 Å². The van der Waals surface area contributed by atoms with Gasteiger partial charge in [-0.15, -0.1) is 0 Å². The number of unbranched alkanes of at least 4 members (excludes halogenated alkanes) is 40. The van der Waals surface area contributed by atoms with Crippen LogP contribution in [0, 0.1) is 0 Å². The summed E-state index contributed by atoms with van der Waals surface area (Å²) >= 11 is 0. The van der Waals surface area contributed by atoms with Crippen LogP contribution in [0.3, 0.4) is 0 Å². The molecule has 0 fully saturated rings. The fraction of sp³-hybridized carbons (Fsp3) is 0.811. The number of phosphoric acid groups is 1. The largest absolute Gasteiger partial charge is 0.756 e. The number of hydrogen-bond donors (Lipinski definition) is 0. The van der Waals surface area contributed by atoms with Gasteiger partial charge in [0.1, 0.15) is 19.8 Å². The topological polar surface area (TPSA) is 111 Å². The van der Waals surface area contributed by atoms with Crippen molar-refractivity contribution in [3.8, 4) is 0 Å². The monoisotopic (exact) mass is 1200 g/mol. The molecule has 0 radical (unpaired) electrons. The molecule has 0 rings (SSSR count). The third-order valence-electron chi connectivity index (χ3n) is 15.7. The van der Waals surface area contributed by atoms with Gasteiger partial charge in [0.25, 0.3) is 7.82 Å². The highest BCUT2D eigenvalue weighted by atomic mass is 31.2. The molecule has 0 aromatic carbocycles. The van der Waals surface area contributed by atoms with Gasteiger partial charge >= 0.3 is 11.9 Å². The molecule has 2 atom stereocenters. The number of phosphoric ester groups is 1. The van der Waals surface area contributed by atoms with Crippen molar-refractivity contribution in [2.45, 2.75) is 341 Å². The number of carbonyl (C=O) groups excluding carboxylic acids is 2. The average molecular weight is 1200 g/mol. The zero-order valence-electron chi connectivity index (χ0n) is 55.8. The van der Waals surface area contributed by atoms with Crippen LogP contribution in [-0.4, -0.2) is 70.0 Å². The molecule has 0 N–H and O–H groups in total. The average Bonchev–Trinajstić information content (AvgIpc) is 3.61. The maximum absolute atomic E-state index is 12.9. The Balaban J connectivity index is 4.02. The van der Waals surface area contributed by atoms with Gasteiger partial charge in [-0.2, -0.15) is 0 Å². The number of likely N-dealkylation sites (N-methyl/N-ethyl adjacent to an activating group) is 1. The van der Waals surface area contributed by atoms with Crippen molar-refractivity contribution in [1.82, 2.24) is 0 Å². The zero-order chi connectivity index (χ0) is 61.2. The van der Waals surface area contributed by atoms with E-state index >= 15 is 0 Å². The van der Waals surface area contributed by atoms with Gasteiger partial charge in [0, 0.05) is 12.8 Å². The van der Waals surface area contributed by atoms with Crippen LogP contribution >= 0.6 is 7.82 Å². The van der Waals surface area contributed by atoms with Crippen molar-refractivity contribution in [2.24, 2.45) is 0 Å². The third-order valence-corrected chi connectivity index (χ3v) is 16.7. The van der Waals surface area contributed by atoms with Crippen LogP contribution in [-0.2, 0) is 32.7 Å². The Labute approximate surface area is 520 Å². The molecule has 10 heteroatoms. The van der Waals surface area contributed by atoms with Crippen molar-refractivity contribution in [3.05, 3.63) is 72.9 Å². The van der Waals surface area contributed by atoms with Crippen LogP contribution in [0.4, 0.5) is 0 Å². The van der Waals surface area contributed by atoms with E-state index in [1.54, 1.807) is 0 Å². The second-order valence-electron chi connectivity index (χ2n) is 25.2. The lowest BCUT2D eigenvalue weighted by atomic mass is 10.0. The molecule has 84 heavy (non-hydrogen) atoms. The highest BCUT2D eigenvalue weighted by Gasteiger charge is 2.22. The summed E-state index contributed by atoms with van der Waals surface area (Å²) in [5, 5.41) is 0. The maximum atomic E-state index is 12.9. The molecule has 0 aliphatic carbocycles. The number of rotatable bonds is 66. The standard InChI is InChI=1S/C74H136NO8P/c1-6-8-10-12-14-16-18-20-22-24-26-28-30-32-34-35-36-37-38-39-41-43-45-47-49-51-53-55-57-59-61-63-65-67-74(77)83-72(71-82-84(78,79)81-69-68-75(3,4)5)70-80-73(76)66-64-62-60-58-56-54-52-50-48-46-44-42-40-33-31-29-27-25-23-21-19-17-15-13-11-9-7-2/h8,10,14,16,20,22,26,28,32,34,36-37,72H,6-7,9,11-13,15,17-19,21,23-25,27,29-31,33,35,38-71H2,1-5H3/b10-8-,16-14-,22-20-,28-26-,34-32-,37-36-. The Bertz CT molecular complexity index is 1650. The van der Waals surface area contributed by atoms with Gasteiger partial charge in [-0.25, -0.2) is 0 Å². The van der Waals surface area contributed by atoms with E-state index in [0.717, 1.165) is 77.0 Å². The first-order valence-electron chi connectivity index (χ1n) is 35.6. The first kappa shape index (κ1) is 81.5. The second kappa shape index (κ2) is 64.9. The number of hydrogen-bond acceptors (Lipinski definition) is 8. The Morgan fingerprint density at radius 3 is 1.01 bits per heavy atom. The van der Waals surface area contributed by atoms with Gasteiger partial charge in [-0.3, -0.25) is 14.2 Å². The van der Waals surface area contributed by atoms with Crippen LogP contribution in [0.15, 0.2) is 72.9 Å². The molecular formula is C74H136NO8P. The summed E-state index contributed by atoms with van der Waals surface area (Å²) in [6.45, 7) is 4.18. The Hall–Kier alpha value is -2.55. The number of ether oxygens (including phenoxy) is 2. The highest BCUT2D eigenvalue weighted by Crippen LogP contribution is 2.38. The van der Waals surface area contributed by atoms with E-state index in [2.05, 4.69) is 86.8 Å². The smallest absolute Gasteiger partial charge is 0.306 e. The lowest BCUT2D eigenvalue weighted by Gasteiger charge is -2.28. The summed E-state index contributed by atoms with van der Waals surface area (Å²) in [6.07, 6.45) is 87.0. The molecule has 0 saturated heterocycles. The van der Waals surface area contributed by atoms with Crippen LogP contribution in [0.1, 0.15) is 335 Å². The second-order valence-corrected chi connectivity index (χ2v) is 26.6. The summed E-state index contributed by atoms with van der Waals surface area (Å²) in [6, 6.07) is 0. The maximum Gasteiger partial charge on any atom is 0.306 e. The van der Waals surface area contributed by atoms with Crippen molar-refractivity contribution in [2.75, 3.05) is 47.5 Å². The molecule has 0 saturated carbocycles. The Morgan fingerprint density at radius 2 is 0.679 bits per heavy atom. The van der Waals surface area contributed by atoms with Gasteiger partial charge in [-0.05, 0) is 64.2 Å². The van der Waals surface area contributed by atoms with E-state index < -0.39 is 26.5 Å². The number of quaternary nitrogens is 1. The number of allylic oxidation sites excluding steroid dienone is 12. The normalized spacial score (nSPS) is 13.5. The molecule has 0 aromatic rings. The van der Waals surface area contributed by atoms with E-state index in [1.807, 2.05) is 21.1 Å². The molecule has 0 heterocycles. The van der Waals surface area contributed by atoms with Crippen LogP contribution in [0.25, 0.3) is 0 Å². The molecule has 0 aromatic heterocycles. The van der Waals surface area contributed by atoms with Gasteiger partial charge in [0.2, 0.25) is 0 Å². The van der Waals surface area contributed by atoms with Gasteiger partial charge in [0.05, 0.1) is 27.7 Å². The summed E-state index contributed by atoms with van der Waals surface area (Å²) < 4.78 is 34.3. The van der Waals surface area contributed by atoms with Gasteiger partial charge < -0.3 is 27.9 Å². The van der Waals surface area contributed by atoms with Crippen molar-refractivity contribution in [3.63, 3.8) is 0 Å². The van der Waals surface area contributed by atoms with Crippen molar-refractivity contribution in [1.29, 1.82) is 0 Å². The summed E-state index contributed by atoms with van der Waals surface area (Å²) in [7, 11) is 1.18. The molecular weight excluding hydrogens is 1060 g/mol. The summed E-state index contributed by atoms with van der Waals surface area (Å²) in [5.41, 5.74) is 0. The summed E-state index contributed by atoms with van der Waals surface area (Å²) in [4.78, 5) is 38.1. The first-order chi connectivity index (χ1) is 41.0. The molecule has 0 aliphatic rings. The lowest BCUT2D eigenvalue weighted by Crippen LogP contribution is -2.37. The predicted octanol–water partition coefficient (Wildman–Crippen LogP) is 22.5. The quantitative estimate of drug-likeness (QED) is 0.0195. The molecule has 0 aliphatic heterocycles. The molecule has 0 amide bonds. The van der Waals surface area contributed by atoms with Crippen molar-refractivity contribution < 1.29 is 42.1 Å². The number of nitrogens with zero attached hydrogens (tertiary/aromatic N) is 1. The fourth-order valence-corrected chi connectivity index (χ4v) is 11.0. The predicted molar refractivity (Wildman–Crippen MR) is 360 cm³/mol. The van der Waals surface area contributed by atoms with Crippen LogP contribution in [0.5, 0.6) is 0 Å². The number of carbonyl (C=O) groups is 2. The zero-order valence-corrected chi connectivity index (χ0v) is 56.7. The summed E-state index contributed by atoms with van der Waals surface area (Å²) in [5.74, 6) is -0.819. The molecule has 2 unspecified atom stereocenters. The third kappa shape index (κ3) is 68.6. The first-order valence-corrected chi connectivity index (χ1v) is 37.1. The minimum Gasteiger partial charge on any atom is -0.756 e. The minimum absolute atomic E-state index is 0.0306. The minimum atomic E-state index is -4.64. The van der Waals surface area contributed by atoms with Gasteiger partial charge in [0.15, 0.2) is 6.10 Å². The van der Waals surface area contributed by atoms with Crippen LogP contribution in [0.2, 0.25) is 0 Å². The fourth-order valence-electron chi connectivity index (χ4n) is 10.3. The molecule has 0 bridgehead atoms. The molecule has 0 spiro atoms. The number of esters is 2. The Morgan fingerprint density at radius 1 is 0.381 bits per heavy atom. The van der Waals surface area contributed by atoms with Crippen molar-refractivity contribution >= 4 is 19.8 Å². The van der Waals surface area contributed by atoms with E-state index in [9.17, 15) is 19.0 Å². The van der Waals surface area contributed by atoms with E-state index in [4.69, 9.17) is 18.5 Å². The van der Waals surface area contributed by atoms with Crippen LogP contribution < -0.4 is 4.89 Å². The van der Waals surface area contributed by atoms with Gasteiger partial charge in [-0.1, -0.05) is 331 Å². The highest BCUT2D eigenvalue weighted by molar-refractivity contribution is 7.45. The molecule has 490 valence electrons. The molecule has 9 nitrogen and oxygen atoms in total. The van der Waals surface area contributed by atoms with E-state index in [0.29, 0.717) is 17.4 Å². The Kier molecular flexibility index (Phi) is 62.9. The van der Waals surface area contributed by atoms with E-state index in [1.165, 1.54) is 225 Å². The lowest BCUT2D eigenvalue weighted by molar-refractivity contribution is -0.870.